The predicted octanol–water partition coefficient (Wildman–Crippen LogP) is 0.793. The van der Waals surface area contributed by atoms with Crippen LogP contribution in [0.2, 0.25) is 0 Å². The number of hydrogen-bond donors (Lipinski definition) is 0. The average molecular weight is 288 g/mol. The van der Waals surface area contributed by atoms with Crippen molar-refractivity contribution in [3.63, 3.8) is 0 Å². The summed E-state index contributed by atoms with van der Waals surface area (Å²) in [5.41, 5.74) is 0.724. The third kappa shape index (κ3) is 3.25. The number of anilines is 1. The van der Waals surface area contributed by atoms with Crippen LogP contribution >= 0.6 is 0 Å². The number of carbonyl (C=O) groups excluding carboxylic acids is 2. The minimum Gasteiger partial charge on any atom is -0.469 e. The molecule has 1 aliphatic heterocycles. The van der Waals surface area contributed by atoms with Crippen molar-refractivity contribution in [1.82, 2.24) is 9.88 Å². The zero-order chi connectivity index (χ0) is 15.4. The number of esters is 1. The van der Waals surface area contributed by atoms with Crippen molar-refractivity contribution in [1.29, 1.82) is 0 Å². The molecule has 2 heterocycles. The molecule has 0 aliphatic carbocycles. The van der Waals surface area contributed by atoms with E-state index in [4.69, 9.17) is 0 Å². The summed E-state index contributed by atoms with van der Waals surface area (Å²) in [7, 11) is 4.88. The molecule has 0 atom stereocenters. The van der Waals surface area contributed by atoms with Crippen LogP contribution in [0.5, 0.6) is 0 Å². The molecule has 0 unspecified atom stereocenters. The first-order valence-electron chi connectivity index (χ1n) is 6.31. The van der Waals surface area contributed by atoms with Gasteiger partial charge in [-0.2, -0.15) is 10.1 Å². The van der Waals surface area contributed by atoms with Gasteiger partial charge in [-0.1, -0.05) is 6.07 Å². The van der Waals surface area contributed by atoms with Crippen molar-refractivity contribution in [3.8, 4) is 0 Å². The number of amides is 1. The van der Waals surface area contributed by atoms with Crippen LogP contribution in [-0.4, -0.2) is 48.7 Å². The van der Waals surface area contributed by atoms with Gasteiger partial charge in [0.2, 0.25) is 0 Å². The Bertz CT molecular complexity index is 608. The summed E-state index contributed by atoms with van der Waals surface area (Å²) in [6.07, 6.45) is 3.14. The first-order chi connectivity index (χ1) is 10.0. The van der Waals surface area contributed by atoms with Crippen molar-refractivity contribution in [3.05, 3.63) is 36.2 Å². The van der Waals surface area contributed by atoms with Crippen LogP contribution in [-0.2, 0) is 14.3 Å². The van der Waals surface area contributed by atoms with Gasteiger partial charge in [0.05, 0.1) is 24.8 Å². The van der Waals surface area contributed by atoms with Gasteiger partial charge in [-0.05, 0) is 12.1 Å². The molecule has 0 aromatic carbocycles. The number of hydrogen-bond acceptors (Lipinski definition) is 6. The van der Waals surface area contributed by atoms with Gasteiger partial charge in [0.1, 0.15) is 0 Å². The Labute approximate surface area is 122 Å². The first kappa shape index (κ1) is 14.7. The molecule has 2 rings (SSSR count). The Morgan fingerprint density at radius 2 is 2.19 bits per heavy atom. The van der Waals surface area contributed by atoms with Crippen LogP contribution in [0.4, 0.5) is 5.82 Å². The minimum atomic E-state index is -0.450. The lowest BCUT2D eigenvalue weighted by Gasteiger charge is -2.10. The summed E-state index contributed by atoms with van der Waals surface area (Å²) in [5, 5.41) is 5.39. The molecule has 1 aliphatic rings. The molecule has 1 aromatic rings. The summed E-state index contributed by atoms with van der Waals surface area (Å²) >= 11 is 0. The maximum absolute atomic E-state index is 12.4. The molecule has 0 fully saturated rings. The summed E-state index contributed by atoms with van der Waals surface area (Å²) in [6, 6.07) is 5.19. The lowest BCUT2D eigenvalue weighted by molar-refractivity contribution is -0.139. The smallest absolute Gasteiger partial charge is 0.311 e. The van der Waals surface area contributed by atoms with Crippen LogP contribution in [0.1, 0.15) is 6.42 Å². The number of pyridine rings is 1. The summed E-state index contributed by atoms with van der Waals surface area (Å²) in [6.45, 7) is 0. The van der Waals surface area contributed by atoms with E-state index < -0.39 is 5.97 Å². The van der Waals surface area contributed by atoms with Gasteiger partial charge in [-0.3, -0.25) is 9.59 Å². The fraction of sp³-hybridized carbons (Fsp3) is 0.286. The maximum atomic E-state index is 12.4. The van der Waals surface area contributed by atoms with E-state index in [2.05, 4.69) is 14.8 Å². The number of methoxy groups -OCH3 is 1. The van der Waals surface area contributed by atoms with Crippen molar-refractivity contribution < 1.29 is 14.3 Å². The highest BCUT2D eigenvalue weighted by atomic mass is 16.5. The Hall–Kier alpha value is -2.70. The van der Waals surface area contributed by atoms with E-state index in [1.165, 1.54) is 12.1 Å². The molecule has 0 spiro atoms. The molecule has 21 heavy (non-hydrogen) atoms. The fourth-order valence-electron chi connectivity index (χ4n) is 1.82. The molecule has 7 nitrogen and oxygen atoms in total. The number of ether oxygens (including phenoxy) is 1. The Morgan fingerprint density at radius 3 is 2.76 bits per heavy atom. The summed E-state index contributed by atoms with van der Waals surface area (Å²) in [4.78, 5) is 29.7. The van der Waals surface area contributed by atoms with Gasteiger partial charge in [-0.15, -0.1) is 0 Å². The van der Waals surface area contributed by atoms with Crippen LogP contribution in [0, 0.1) is 0 Å². The number of hydrazone groups is 1. The van der Waals surface area contributed by atoms with Crippen molar-refractivity contribution in [2.24, 2.45) is 5.10 Å². The first-order valence-corrected chi connectivity index (χ1v) is 6.31. The molecule has 7 heteroatoms. The van der Waals surface area contributed by atoms with Gasteiger partial charge < -0.3 is 9.64 Å². The quantitative estimate of drug-likeness (QED) is 0.605. The largest absolute Gasteiger partial charge is 0.469 e. The molecular formula is C14H16N4O3. The molecule has 0 radical (unpaired) electrons. The normalized spacial score (nSPS) is 16.1. The van der Waals surface area contributed by atoms with Gasteiger partial charge in [0.15, 0.2) is 5.82 Å². The number of rotatable bonds is 4. The zero-order valence-corrected chi connectivity index (χ0v) is 12.1. The van der Waals surface area contributed by atoms with E-state index in [0.29, 0.717) is 17.1 Å². The van der Waals surface area contributed by atoms with E-state index >= 15 is 0 Å². The highest BCUT2D eigenvalue weighted by Gasteiger charge is 2.33. The van der Waals surface area contributed by atoms with Crippen LogP contribution in [0.15, 0.2) is 41.3 Å². The second-order valence-electron chi connectivity index (χ2n) is 4.61. The fourth-order valence-corrected chi connectivity index (χ4v) is 1.82. The topological polar surface area (TPSA) is 75.1 Å². The Morgan fingerprint density at radius 1 is 1.43 bits per heavy atom. The van der Waals surface area contributed by atoms with E-state index in [1.54, 1.807) is 49.6 Å². The molecule has 1 amide bonds. The van der Waals surface area contributed by atoms with Crippen molar-refractivity contribution >= 4 is 23.4 Å². The average Bonchev–Trinajstić information content (AvgIpc) is 2.76. The van der Waals surface area contributed by atoms with Crippen LogP contribution in [0.3, 0.4) is 0 Å². The molecule has 0 bridgehead atoms. The molecule has 0 saturated carbocycles. The molecular weight excluding hydrogens is 272 g/mol. The maximum Gasteiger partial charge on any atom is 0.311 e. The molecule has 0 N–H and O–H groups in total. The second-order valence-corrected chi connectivity index (χ2v) is 4.61. The van der Waals surface area contributed by atoms with Crippen LogP contribution in [0.25, 0.3) is 0 Å². The standard InChI is InChI=1S/C14H16N4O3/c1-17(2)9-10-11(8-13(19)21-3)16-18(14(10)20)12-6-4-5-7-15-12/h4-7,9H,8H2,1-3H3/b10-9-. The summed E-state index contributed by atoms with van der Waals surface area (Å²) in [5.74, 6) is -0.359. The van der Waals surface area contributed by atoms with Gasteiger partial charge in [-0.25, -0.2) is 4.98 Å². The number of carbonyl (C=O) groups is 2. The number of nitrogens with zero attached hydrogens (tertiary/aromatic N) is 4. The third-order valence-electron chi connectivity index (χ3n) is 2.75. The molecule has 1 aromatic heterocycles. The second kappa shape index (κ2) is 6.17. The predicted molar refractivity (Wildman–Crippen MR) is 77.6 cm³/mol. The van der Waals surface area contributed by atoms with Gasteiger partial charge in [0, 0.05) is 26.5 Å². The SMILES string of the molecule is COC(=O)CC1=NN(c2ccccn2)C(=O)/C1=C\N(C)C. The Balaban J connectivity index is 2.37. The van der Waals surface area contributed by atoms with E-state index in [9.17, 15) is 9.59 Å². The van der Waals surface area contributed by atoms with E-state index in [-0.39, 0.29) is 12.3 Å². The van der Waals surface area contributed by atoms with E-state index in [1.807, 2.05) is 0 Å². The van der Waals surface area contributed by atoms with Gasteiger partial charge in [0.25, 0.3) is 5.91 Å². The highest BCUT2D eigenvalue weighted by molar-refractivity contribution is 6.32. The van der Waals surface area contributed by atoms with Crippen LogP contribution < -0.4 is 5.01 Å². The highest BCUT2D eigenvalue weighted by Crippen LogP contribution is 2.23. The summed E-state index contributed by atoms with van der Waals surface area (Å²) < 4.78 is 4.64. The van der Waals surface area contributed by atoms with Gasteiger partial charge >= 0.3 is 5.97 Å². The molecule has 110 valence electrons. The third-order valence-corrected chi connectivity index (χ3v) is 2.75. The minimum absolute atomic E-state index is 0.0642. The lowest BCUT2D eigenvalue weighted by Crippen LogP contribution is -2.23. The lowest BCUT2D eigenvalue weighted by atomic mass is 10.1. The van der Waals surface area contributed by atoms with Crippen molar-refractivity contribution in [2.75, 3.05) is 26.2 Å². The van der Waals surface area contributed by atoms with Crippen molar-refractivity contribution in [2.45, 2.75) is 6.42 Å². The monoisotopic (exact) mass is 288 g/mol. The Kier molecular flexibility index (Phi) is 4.32. The molecule has 0 saturated heterocycles. The van der Waals surface area contributed by atoms with E-state index in [0.717, 1.165) is 0 Å². The number of aromatic nitrogens is 1. The zero-order valence-electron chi connectivity index (χ0n) is 12.1.